The summed E-state index contributed by atoms with van der Waals surface area (Å²) in [4.78, 5) is 25.1. The standard InChI is InChI=1S/C14H25N3O3/c15-11-4-6-17(7-5-11)9-13(18)16-12-3-1-2-10(8-12)14(19)20/h10-12H,1-9,15H2,(H,16,18)(H,19,20). The van der Waals surface area contributed by atoms with E-state index < -0.39 is 5.97 Å². The molecular formula is C14H25N3O3. The number of rotatable bonds is 4. The number of carbonyl (C=O) groups excluding carboxylic acids is 1. The van der Waals surface area contributed by atoms with Crippen LogP contribution in [0.25, 0.3) is 0 Å². The molecule has 0 aromatic rings. The fourth-order valence-corrected chi connectivity index (χ4v) is 3.13. The van der Waals surface area contributed by atoms with Gasteiger partial charge in [0.2, 0.25) is 5.91 Å². The zero-order chi connectivity index (χ0) is 14.5. The number of hydrogen-bond donors (Lipinski definition) is 3. The van der Waals surface area contributed by atoms with E-state index in [4.69, 9.17) is 10.8 Å². The molecule has 6 nitrogen and oxygen atoms in total. The summed E-state index contributed by atoms with van der Waals surface area (Å²) >= 11 is 0. The molecule has 2 atom stereocenters. The second-order valence-corrected chi connectivity index (χ2v) is 6.08. The van der Waals surface area contributed by atoms with E-state index >= 15 is 0 Å². The van der Waals surface area contributed by atoms with Crippen LogP contribution in [0.2, 0.25) is 0 Å². The fraction of sp³-hybridized carbons (Fsp3) is 0.857. The van der Waals surface area contributed by atoms with E-state index in [1.165, 1.54) is 0 Å². The van der Waals surface area contributed by atoms with Crippen molar-refractivity contribution in [2.45, 2.75) is 50.6 Å². The van der Waals surface area contributed by atoms with Crippen LogP contribution in [0, 0.1) is 5.92 Å². The molecule has 2 aliphatic rings. The molecule has 1 amide bonds. The number of nitrogens with one attached hydrogen (secondary N) is 1. The van der Waals surface area contributed by atoms with Gasteiger partial charge >= 0.3 is 5.97 Å². The lowest BCUT2D eigenvalue weighted by molar-refractivity contribution is -0.143. The van der Waals surface area contributed by atoms with E-state index in [1.54, 1.807) is 0 Å². The molecule has 20 heavy (non-hydrogen) atoms. The van der Waals surface area contributed by atoms with Gasteiger partial charge in [-0.05, 0) is 32.1 Å². The third-order valence-electron chi connectivity index (χ3n) is 4.39. The van der Waals surface area contributed by atoms with Crippen LogP contribution in [-0.2, 0) is 9.59 Å². The summed E-state index contributed by atoms with van der Waals surface area (Å²) in [6.07, 6.45) is 4.94. The van der Waals surface area contributed by atoms with Crippen molar-refractivity contribution in [2.75, 3.05) is 19.6 Å². The van der Waals surface area contributed by atoms with E-state index in [0.29, 0.717) is 13.0 Å². The van der Waals surface area contributed by atoms with Gasteiger partial charge in [-0.1, -0.05) is 6.42 Å². The maximum absolute atomic E-state index is 12.0. The van der Waals surface area contributed by atoms with Crippen LogP contribution in [0.4, 0.5) is 0 Å². The zero-order valence-electron chi connectivity index (χ0n) is 11.9. The Bertz CT molecular complexity index is 354. The summed E-state index contributed by atoms with van der Waals surface area (Å²) in [6.45, 7) is 2.15. The number of likely N-dealkylation sites (tertiary alicyclic amines) is 1. The molecule has 114 valence electrons. The van der Waals surface area contributed by atoms with Crippen molar-refractivity contribution in [3.05, 3.63) is 0 Å². The maximum atomic E-state index is 12.0. The highest BCUT2D eigenvalue weighted by atomic mass is 16.4. The van der Waals surface area contributed by atoms with Gasteiger partial charge < -0.3 is 16.2 Å². The molecule has 0 aromatic heterocycles. The molecule has 1 aliphatic carbocycles. The minimum Gasteiger partial charge on any atom is -0.481 e. The number of hydrogen-bond acceptors (Lipinski definition) is 4. The van der Waals surface area contributed by atoms with Crippen LogP contribution in [0.1, 0.15) is 38.5 Å². The highest BCUT2D eigenvalue weighted by Gasteiger charge is 2.28. The molecule has 1 saturated heterocycles. The minimum atomic E-state index is -0.742. The van der Waals surface area contributed by atoms with Crippen molar-refractivity contribution in [1.29, 1.82) is 0 Å². The van der Waals surface area contributed by atoms with Gasteiger partial charge in [0.05, 0.1) is 12.5 Å². The molecule has 1 saturated carbocycles. The SMILES string of the molecule is NC1CCN(CC(=O)NC2CCCC(C(=O)O)C2)CC1. The van der Waals surface area contributed by atoms with E-state index in [-0.39, 0.29) is 23.9 Å². The molecule has 6 heteroatoms. The average molecular weight is 283 g/mol. The Hall–Kier alpha value is -1.14. The van der Waals surface area contributed by atoms with Crippen LogP contribution in [-0.4, -0.2) is 53.6 Å². The van der Waals surface area contributed by atoms with Crippen LogP contribution < -0.4 is 11.1 Å². The molecule has 1 heterocycles. The predicted molar refractivity (Wildman–Crippen MR) is 75.2 cm³/mol. The third-order valence-corrected chi connectivity index (χ3v) is 4.39. The summed E-state index contributed by atoms with van der Waals surface area (Å²) in [5, 5.41) is 12.0. The zero-order valence-corrected chi connectivity index (χ0v) is 11.9. The number of amides is 1. The Labute approximate surface area is 119 Å². The van der Waals surface area contributed by atoms with E-state index in [2.05, 4.69) is 10.2 Å². The summed E-state index contributed by atoms with van der Waals surface area (Å²) in [5.41, 5.74) is 5.84. The van der Waals surface area contributed by atoms with E-state index in [9.17, 15) is 9.59 Å². The monoisotopic (exact) mass is 283 g/mol. The van der Waals surface area contributed by atoms with Crippen molar-refractivity contribution < 1.29 is 14.7 Å². The Balaban J connectivity index is 1.72. The highest BCUT2D eigenvalue weighted by Crippen LogP contribution is 2.24. The first-order valence-electron chi connectivity index (χ1n) is 7.54. The topological polar surface area (TPSA) is 95.7 Å². The van der Waals surface area contributed by atoms with Crippen molar-refractivity contribution in [3.8, 4) is 0 Å². The van der Waals surface area contributed by atoms with E-state index in [1.807, 2.05) is 0 Å². The number of carbonyl (C=O) groups is 2. The Morgan fingerprint density at radius 1 is 1.20 bits per heavy atom. The van der Waals surface area contributed by atoms with Crippen molar-refractivity contribution >= 4 is 11.9 Å². The number of aliphatic carboxylic acids is 1. The molecule has 0 bridgehead atoms. The van der Waals surface area contributed by atoms with Crippen LogP contribution in [0.3, 0.4) is 0 Å². The fourth-order valence-electron chi connectivity index (χ4n) is 3.13. The van der Waals surface area contributed by atoms with Crippen molar-refractivity contribution in [1.82, 2.24) is 10.2 Å². The summed E-state index contributed by atoms with van der Waals surface area (Å²) in [7, 11) is 0. The smallest absolute Gasteiger partial charge is 0.306 e. The summed E-state index contributed by atoms with van der Waals surface area (Å²) < 4.78 is 0. The number of piperidine rings is 1. The molecule has 0 radical (unpaired) electrons. The molecule has 2 rings (SSSR count). The van der Waals surface area contributed by atoms with Gasteiger partial charge in [0.25, 0.3) is 0 Å². The number of carboxylic acid groups (broad SMARTS) is 1. The van der Waals surface area contributed by atoms with Gasteiger partial charge in [0.1, 0.15) is 0 Å². The molecular weight excluding hydrogens is 258 g/mol. The van der Waals surface area contributed by atoms with Gasteiger partial charge in [0.15, 0.2) is 0 Å². The Morgan fingerprint density at radius 2 is 1.90 bits per heavy atom. The average Bonchev–Trinajstić information content (AvgIpc) is 2.41. The number of nitrogens with two attached hydrogens (primary N) is 1. The number of nitrogens with zero attached hydrogens (tertiary/aromatic N) is 1. The van der Waals surface area contributed by atoms with Gasteiger partial charge in [-0.2, -0.15) is 0 Å². The van der Waals surface area contributed by atoms with Crippen LogP contribution in [0.15, 0.2) is 0 Å². The minimum absolute atomic E-state index is 0.0107. The highest BCUT2D eigenvalue weighted by molar-refractivity contribution is 5.78. The summed E-state index contributed by atoms with van der Waals surface area (Å²) in [5.74, 6) is -1.03. The molecule has 0 spiro atoms. The maximum Gasteiger partial charge on any atom is 0.306 e. The molecule has 0 aromatic carbocycles. The summed E-state index contributed by atoms with van der Waals surface area (Å²) in [6, 6.07) is 0.286. The molecule has 2 unspecified atom stereocenters. The normalized spacial score (nSPS) is 29.1. The largest absolute Gasteiger partial charge is 0.481 e. The third kappa shape index (κ3) is 4.45. The Morgan fingerprint density at radius 3 is 2.55 bits per heavy atom. The van der Waals surface area contributed by atoms with Crippen LogP contribution >= 0.6 is 0 Å². The van der Waals surface area contributed by atoms with Gasteiger partial charge in [0, 0.05) is 25.2 Å². The van der Waals surface area contributed by atoms with Crippen molar-refractivity contribution in [2.24, 2.45) is 11.7 Å². The Kier molecular flexibility index (Phi) is 5.37. The molecule has 2 fully saturated rings. The van der Waals surface area contributed by atoms with Gasteiger partial charge in [-0.3, -0.25) is 14.5 Å². The quantitative estimate of drug-likeness (QED) is 0.683. The first-order valence-corrected chi connectivity index (χ1v) is 7.54. The van der Waals surface area contributed by atoms with Gasteiger partial charge in [-0.25, -0.2) is 0 Å². The number of carboxylic acids is 1. The molecule has 1 aliphatic heterocycles. The first kappa shape index (κ1) is 15.3. The molecule has 4 N–H and O–H groups in total. The lowest BCUT2D eigenvalue weighted by Gasteiger charge is -2.31. The lowest BCUT2D eigenvalue weighted by atomic mass is 9.86. The first-order chi connectivity index (χ1) is 9.54. The van der Waals surface area contributed by atoms with Crippen molar-refractivity contribution in [3.63, 3.8) is 0 Å². The second kappa shape index (κ2) is 7.04. The van der Waals surface area contributed by atoms with Gasteiger partial charge in [-0.15, -0.1) is 0 Å². The van der Waals surface area contributed by atoms with Crippen LogP contribution in [0.5, 0.6) is 0 Å². The lowest BCUT2D eigenvalue weighted by Crippen LogP contribution is -2.47. The predicted octanol–water partition coefficient (Wildman–Crippen LogP) is 0.169. The van der Waals surface area contributed by atoms with E-state index in [0.717, 1.165) is 45.2 Å². The second-order valence-electron chi connectivity index (χ2n) is 6.08.